The van der Waals surface area contributed by atoms with Crippen LogP contribution in [0.2, 0.25) is 0 Å². The number of allylic oxidation sites excluding steroid dienone is 3. The molecule has 0 fully saturated rings. The van der Waals surface area contributed by atoms with Gasteiger partial charge in [0.05, 0.1) is 5.60 Å². The quantitative estimate of drug-likeness (QED) is 0.301. The van der Waals surface area contributed by atoms with Gasteiger partial charge >= 0.3 is 0 Å². The molecule has 0 aliphatic heterocycles. The van der Waals surface area contributed by atoms with Gasteiger partial charge < -0.3 is 5.11 Å². The highest BCUT2D eigenvalue weighted by atomic mass is 16.3. The number of carbonyl (C=O) groups excluding carboxylic acids is 2. The van der Waals surface area contributed by atoms with Crippen molar-refractivity contribution in [3.05, 3.63) is 58.7 Å². The van der Waals surface area contributed by atoms with E-state index < -0.39 is 5.60 Å². The van der Waals surface area contributed by atoms with Crippen molar-refractivity contribution < 1.29 is 14.7 Å². The van der Waals surface area contributed by atoms with Crippen molar-refractivity contribution in [3.63, 3.8) is 0 Å². The molecule has 3 atom stereocenters. The third-order valence-electron chi connectivity index (χ3n) is 7.27. The summed E-state index contributed by atoms with van der Waals surface area (Å²) >= 11 is 0. The second-order valence-corrected chi connectivity index (χ2v) is 11.3. The molecule has 3 nitrogen and oxygen atoms in total. The molecule has 1 aromatic carbocycles. The molecule has 1 N–H and O–H groups in total. The number of Topliss-reactive ketones (excluding diaryl/α,β-unsaturated/α-hetero) is 2. The molecule has 1 aromatic rings. The molecule has 0 spiro atoms. The van der Waals surface area contributed by atoms with Crippen LogP contribution in [0.3, 0.4) is 0 Å². The predicted octanol–water partition coefficient (Wildman–Crippen LogP) is 8.13. The Kier molecular flexibility index (Phi) is 11.0. The summed E-state index contributed by atoms with van der Waals surface area (Å²) in [6, 6.07) is 6.95. The first-order chi connectivity index (χ1) is 16.0. The molecule has 0 saturated carbocycles. The summed E-state index contributed by atoms with van der Waals surface area (Å²) in [6.07, 6.45) is 13.9. The van der Waals surface area contributed by atoms with E-state index >= 15 is 0 Å². The first kappa shape index (κ1) is 28.2. The number of rotatable bonds is 14. The summed E-state index contributed by atoms with van der Waals surface area (Å²) in [5.74, 6) is 2.02. The Morgan fingerprint density at radius 2 is 1.32 bits per heavy atom. The fraction of sp³-hybridized carbons (Fsp3) is 0.613. The molecule has 0 bridgehead atoms. The number of hydrogen-bond donors (Lipinski definition) is 1. The van der Waals surface area contributed by atoms with Gasteiger partial charge in [-0.1, -0.05) is 115 Å². The number of hydrogen-bond acceptors (Lipinski definition) is 3. The molecule has 3 heteroatoms. The number of carbonyl (C=O) groups is 2. The van der Waals surface area contributed by atoms with Crippen molar-refractivity contribution in [1.29, 1.82) is 0 Å². The van der Waals surface area contributed by atoms with Crippen molar-refractivity contribution in [2.24, 2.45) is 17.8 Å². The average molecular weight is 467 g/mol. The van der Waals surface area contributed by atoms with Gasteiger partial charge in [-0.05, 0) is 38.0 Å². The van der Waals surface area contributed by atoms with Crippen molar-refractivity contribution in [2.75, 3.05) is 0 Å². The number of ketones is 2. The van der Waals surface area contributed by atoms with Crippen molar-refractivity contribution in [2.45, 2.75) is 105 Å². The van der Waals surface area contributed by atoms with Gasteiger partial charge in [0.1, 0.15) is 0 Å². The zero-order valence-corrected chi connectivity index (χ0v) is 22.3. The summed E-state index contributed by atoms with van der Waals surface area (Å²) in [4.78, 5) is 25.5. The minimum absolute atomic E-state index is 0.113. The maximum atomic E-state index is 12.9. The van der Waals surface area contributed by atoms with Gasteiger partial charge in [-0.2, -0.15) is 0 Å². The first-order valence-electron chi connectivity index (χ1n) is 13.3. The zero-order chi connectivity index (χ0) is 25.3. The van der Waals surface area contributed by atoms with Gasteiger partial charge in [0.2, 0.25) is 0 Å². The lowest BCUT2D eigenvalue weighted by atomic mass is 9.83. The molecule has 1 aliphatic carbocycles. The average Bonchev–Trinajstić information content (AvgIpc) is 2.77. The molecule has 0 amide bonds. The molecule has 0 radical (unpaired) electrons. The number of fused-ring (bicyclic) bond motifs is 1. The standard InChI is InChI=1S/C31H46O3/c1-22(2)12-9-13-23(3)14-10-15-24(4)16-11-20-31(6,34)21-19-26-25(5)29(32)27-17-7-8-18-28(27)30(26)33/h7-8,17-19,21-24,34H,9-16,20H2,1-6H3. The summed E-state index contributed by atoms with van der Waals surface area (Å²) in [7, 11) is 0. The highest BCUT2D eigenvalue weighted by molar-refractivity contribution is 6.27. The zero-order valence-electron chi connectivity index (χ0n) is 22.3. The second kappa shape index (κ2) is 13.2. The third kappa shape index (κ3) is 8.65. The van der Waals surface area contributed by atoms with Crippen LogP contribution in [0.25, 0.3) is 0 Å². The Morgan fingerprint density at radius 3 is 1.88 bits per heavy atom. The fourth-order valence-corrected chi connectivity index (χ4v) is 4.85. The molecular formula is C31H46O3. The molecule has 3 unspecified atom stereocenters. The van der Waals surface area contributed by atoms with Crippen LogP contribution in [0, 0.1) is 17.8 Å². The fourth-order valence-electron chi connectivity index (χ4n) is 4.85. The normalized spacial score (nSPS) is 17.9. The molecular weight excluding hydrogens is 420 g/mol. The van der Waals surface area contributed by atoms with Crippen LogP contribution < -0.4 is 0 Å². The van der Waals surface area contributed by atoms with Gasteiger partial charge in [0.25, 0.3) is 0 Å². The van der Waals surface area contributed by atoms with Crippen molar-refractivity contribution in [3.8, 4) is 0 Å². The second-order valence-electron chi connectivity index (χ2n) is 11.3. The van der Waals surface area contributed by atoms with E-state index in [2.05, 4.69) is 27.7 Å². The van der Waals surface area contributed by atoms with Crippen molar-refractivity contribution in [1.82, 2.24) is 0 Å². The third-order valence-corrected chi connectivity index (χ3v) is 7.27. The Balaban J connectivity index is 1.77. The van der Waals surface area contributed by atoms with E-state index in [-0.39, 0.29) is 11.6 Å². The van der Waals surface area contributed by atoms with E-state index in [1.807, 2.05) is 0 Å². The Morgan fingerprint density at radius 1 is 0.824 bits per heavy atom. The van der Waals surface area contributed by atoms with Crippen LogP contribution in [0.4, 0.5) is 0 Å². The molecule has 0 heterocycles. The van der Waals surface area contributed by atoms with Crippen LogP contribution in [0.5, 0.6) is 0 Å². The van der Waals surface area contributed by atoms with Crippen LogP contribution in [-0.4, -0.2) is 22.3 Å². The van der Waals surface area contributed by atoms with E-state index in [0.717, 1.165) is 24.7 Å². The van der Waals surface area contributed by atoms with Crippen LogP contribution >= 0.6 is 0 Å². The first-order valence-corrected chi connectivity index (χ1v) is 13.3. The van der Waals surface area contributed by atoms with E-state index in [1.54, 1.807) is 50.3 Å². The maximum Gasteiger partial charge on any atom is 0.194 e. The van der Waals surface area contributed by atoms with E-state index in [1.165, 1.54) is 38.5 Å². The van der Waals surface area contributed by atoms with Gasteiger partial charge in [-0.3, -0.25) is 9.59 Å². The Bertz CT molecular complexity index is 888. The Hall–Kier alpha value is -2.00. The molecule has 2 rings (SSSR count). The highest BCUT2D eigenvalue weighted by Gasteiger charge is 2.28. The van der Waals surface area contributed by atoms with Gasteiger partial charge in [-0.25, -0.2) is 0 Å². The van der Waals surface area contributed by atoms with Gasteiger partial charge in [-0.15, -0.1) is 0 Å². The summed E-state index contributed by atoms with van der Waals surface area (Å²) in [6.45, 7) is 12.8. The van der Waals surface area contributed by atoms with E-state index in [9.17, 15) is 14.7 Å². The molecule has 1 aliphatic rings. The van der Waals surface area contributed by atoms with E-state index in [0.29, 0.717) is 34.6 Å². The van der Waals surface area contributed by atoms with Crippen molar-refractivity contribution >= 4 is 11.6 Å². The molecule has 0 aromatic heterocycles. The number of benzene rings is 1. The smallest absolute Gasteiger partial charge is 0.194 e. The van der Waals surface area contributed by atoms with Gasteiger partial charge in [0, 0.05) is 22.3 Å². The minimum Gasteiger partial charge on any atom is -0.386 e. The maximum absolute atomic E-state index is 12.9. The summed E-state index contributed by atoms with van der Waals surface area (Å²) < 4.78 is 0. The Labute approximate surface area is 207 Å². The molecule has 34 heavy (non-hydrogen) atoms. The minimum atomic E-state index is -1.00. The predicted molar refractivity (Wildman–Crippen MR) is 142 cm³/mol. The lowest BCUT2D eigenvalue weighted by Crippen LogP contribution is -2.23. The van der Waals surface area contributed by atoms with E-state index in [4.69, 9.17) is 0 Å². The van der Waals surface area contributed by atoms with Gasteiger partial charge in [0.15, 0.2) is 11.6 Å². The summed E-state index contributed by atoms with van der Waals surface area (Å²) in [5, 5.41) is 10.9. The molecule has 0 saturated heterocycles. The van der Waals surface area contributed by atoms with Crippen LogP contribution in [0.1, 0.15) is 120 Å². The molecule has 188 valence electrons. The van der Waals surface area contributed by atoms with Crippen LogP contribution in [-0.2, 0) is 0 Å². The topological polar surface area (TPSA) is 54.4 Å². The SMILES string of the molecule is CC1=C(C=CC(C)(O)CCCC(C)CCCC(C)CCCC(C)C)C(=O)c2ccccc2C1=O. The van der Waals surface area contributed by atoms with Crippen LogP contribution in [0.15, 0.2) is 47.6 Å². The lowest BCUT2D eigenvalue weighted by Gasteiger charge is -2.22. The summed E-state index contributed by atoms with van der Waals surface area (Å²) in [5.41, 5.74) is 0.745. The monoisotopic (exact) mass is 466 g/mol. The largest absolute Gasteiger partial charge is 0.386 e. The number of aliphatic hydroxyl groups is 1. The lowest BCUT2D eigenvalue weighted by molar-refractivity contribution is 0.0957. The highest BCUT2D eigenvalue weighted by Crippen LogP contribution is 2.28.